The highest BCUT2D eigenvalue weighted by atomic mass is 16.6. The van der Waals surface area contributed by atoms with Gasteiger partial charge in [-0.15, -0.1) is 0 Å². The molecule has 3 aliphatic rings. The number of aliphatic hydroxyl groups is 1. The second-order valence-electron chi connectivity index (χ2n) is 11.6. The van der Waals surface area contributed by atoms with Gasteiger partial charge in [0.2, 0.25) is 0 Å². The molecule has 5 nitrogen and oxygen atoms in total. The van der Waals surface area contributed by atoms with Gasteiger partial charge in [0.05, 0.1) is 6.10 Å². The minimum Gasteiger partial charge on any atom is -0.448 e. The van der Waals surface area contributed by atoms with Gasteiger partial charge < -0.3 is 9.84 Å². The minimum atomic E-state index is -1.22. The third-order valence-electron chi connectivity index (χ3n) is 8.97. The van der Waals surface area contributed by atoms with Gasteiger partial charge in [0.1, 0.15) is 0 Å². The van der Waals surface area contributed by atoms with Crippen LogP contribution in [-0.4, -0.2) is 34.3 Å². The summed E-state index contributed by atoms with van der Waals surface area (Å²) < 4.78 is 5.59. The van der Waals surface area contributed by atoms with E-state index >= 15 is 0 Å². The normalized spacial score (nSPS) is 38.1. The molecule has 0 spiro atoms. The minimum absolute atomic E-state index is 0.00247. The average molecular weight is 459 g/mol. The van der Waals surface area contributed by atoms with Gasteiger partial charge in [-0.2, -0.15) is 0 Å². The molecular weight excluding hydrogens is 416 g/mol. The van der Waals surface area contributed by atoms with Crippen molar-refractivity contribution in [3.05, 3.63) is 23.8 Å². The van der Waals surface area contributed by atoms with Gasteiger partial charge in [-0.3, -0.25) is 9.59 Å². The van der Waals surface area contributed by atoms with Crippen LogP contribution in [-0.2, 0) is 19.1 Å². The molecule has 3 rings (SSSR count). The van der Waals surface area contributed by atoms with Crippen LogP contribution in [0, 0.1) is 35.0 Å². The Balaban J connectivity index is 1.76. The van der Waals surface area contributed by atoms with E-state index in [-0.39, 0.29) is 29.3 Å². The topological polar surface area (TPSA) is 80.7 Å². The van der Waals surface area contributed by atoms with Gasteiger partial charge in [-0.05, 0) is 74.0 Å². The number of allylic oxidation sites excluding steroid dienone is 3. The first-order chi connectivity index (χ1) is 15.4. The Labute approximate surface area is 199 Å². The van der Waals surface area contributed by atoms with Crippen molar-refractivity contribution in [2.45, 2.75) is 98.2 Å². The summed E-state index contributed by atoms with van der Waals surface area (Å²) in [6, 6.07) is 0. The summed E-state index contributed by atoms with van der Waals surface area (Å²) >= 11 is 0. The van der Waals surface area contributed by atoms with Crippen LogP contribution in [0.3, 0.4) is 0 Å². The van der Waals surface area contributed by atoms with E-state index in [4.69, 9.17) is 4.74 Å². The lowest BCUT2D eigenvalue weighted by Gasteiger charge is -2.43. The first-order valence-electron chi connectivity index (χ1n) is 12.7. The van der Waals surface area contributed by atoms with Crippen LogP contribution in [0.15, 0.2) is 23.8 Å². The van der Waals surface area contributed by atoms with E-state index in [1.807, 2.05) is 0 Å². The largest absolute Gasteiger partial charge is 0.448 e. The van der Waals surface area contributed by atoms with Crippen molar-refractivity contribution in [3.8, 4) is 0 Å². The molecule has 33 heavy (non-hydrogen) atoms. The SMILES string of the molecule is CC(C)C(C)/C=C/C(C)[C@H]1CC[C@H]2C(=CC(=O)OC3(C)CCC(O)CC3=O)C(=O)CC[C@]12C. The van der Waals surface area contributed by atoms with Gasteiger partial charge in [0.15, 0.2) is 17.2 Å². The van der Waals surface area contributed by atoms with Crippen molar-refractivity contribution in [3.63, 3.8) is 0 Å². The predicted octanol–water partition coefficient (Wildman–Crippen LogP) is 5.21. The standard InChI is InChI=1S/C28H42O5/c1-17(2)18(3)7-8-19(4)22-9-10-23-21(24(30)12-13-27(22,23)5)16-26(32)33-28(6)14-11-20(29)15-25(28)31/h7-8,16-20,22-23,29H,9-15H2,1-6H3/b8-7+,21-16?/t18?,19?,20?,22-,23+,27-,28?/m1/s1. The molecule has 3 aliphatic carbocycles. The molecule has 5 heteroatoms. The van der Waals surface area contributed by atoms with Crippen molar-refractivity contribution in [1.29, 1.82) is 0 Å². The van der Waals surface area contributed by atoms with Crippen molar-refractivity contribution < 1.29 is 24.2 Å². The number of Topliss-reactive ketones (excluding diaryl/α,β-unsaturated/α-hetero) is 2. The number of carbonyl (C=O) groups excluding carboxylic acids is 3. The number of ether oxygens (including phenoxy) is 1. The quantitative estimate of drug-likeness (QED) is 0.336. The molecule has 3 fully saturated rings. The first kappa shape index (κ1) is 25.9. The van der Waals surface area contributed by atoms with E-state index in [2.05, 4.69) is 46.8 Å². The maximum Gasteiger partial charge on any atom is 0.332 e. The molecular formula is C28H42O5. The van der Waals surface area contributed by atoms with Gasteiger partial charge in [0.25, 0.3) is 0 Å². The highest BCUT2D eigenvalue weighted by Crippen LogP contribution is 2.58. The van der Waals surface area contributed by atoms with Gasteiger partial charge in [0, 0.05) is 24.5 Å². The fraction of sp³-hybridized carbons (Fsp3) is 0.750. The molecule has 0 heterocycles. The molecule has 3 saturated carbocycles. The van der Waals surface area contributed by atoms with Crippen LogP contribution in [0.5, 0.6) is 0 Å². The molecule has 0 aromatic carbocycles. The van der Waals surface area contributed by atoms with Crippen LogP contribution < -0.4 is 0 Å². The Morgan fingerprint density at radius 3 is 2.39 bits per heavy atom. The summed E-state index contributed by atoms with van der Waals surface area (Å²) in [5.74, 6) is 1.21. The lowest BCUT2D eigenvalue weighted by molar-refractivity contribution is -0.167. The zero-order chi connectivity index (χ0) is 24.6. The molecule has 0 aromatic heterocycles. The number of fused-ring (bicyclic) bond motifs is 1. The molecule has 0 radical (unpaired) electrons. The van der Waals surface area contributed by atoms with Gasteiger partial charge >= 0.3 is 5.97 Å². The monoisotopic (exact) mass is 458 g/mol. The number of hydrogen-bond acceptors (Lipinski definition) is 5. The van der Waals surface area contributed by atoms with Crippen molar-refractivity contribution in [2.75, 3.05) is 0 Å². The van der Waals surface area contributed by atoms with Crippen molar-refractivity contribution in [1.82, 2.24) is 0 Å². The molecule has 0 amide bonds. The highest BCUT2D eigenvalue weighted by molar-refractivity contribution is 6.02. The Morgan fingerprint density at radius 1 is 1.06 bits per heavy atom. The summed E-state index contributed by atoms with van der Waals surface area (Å²) in [5, 5.41) is 9.72. The van der Waals surface area contributed by atoms with E-state index in [1.165, 1.54) is 6.08 Å². The van der Waals surface area contributed by atoms with Crippen LogP contribution in [0.2, 0.25) is 0 Å². The second-order valence-corrected chi connectivity index (χ2v) is 11.6. The number of ketones is 2. The van der Waals surface area contributed by atoms with E-state index in [1.54, 1.807) is 6.92 Å². The van der Waals surface area contributed by atoms with Crippen LogP contribution in [0.25, 0.3) is 0 Å². The van der Waals surface area contributed by atoms with Gasteiger partial charge in [-0.25, -0.2) is 4.79 Å². The molecule has 0 bridgehead atoms. The average Bonchev–Trinajstić information content (AvgIpc) is 3.09. The fourth-order valence-corrected chi connectivity index (χ4v) is 6.21. The summed E-state index contributed by atoms with van der Waals surface area (Å²) in [6.45, 7) is 12.9. The van der Waals surface area contributed by atoms with E-state index in [0.29, 0.717) is 48.5 Å². The van der Waals surface area contributed by atoms with Crippen LogP contribution >= 0.6 is 0 Å². The first-order valence-corrected chi connectivity index (χ1v) is 12.7. The molecule has 7 atom stereocenters. The smallest absolute Gasteiger partial charge is 0.332 e. The molecule has 4 unspecified atom stereocenters. The lowest BCUT2D eigenvalue weighted by atomic mass is 9.61. The number of carbonyl (C=O) groups is 3. The van der Waals surface area contributed by atoms with E-state index < -0.39 is 17.7 Å². The zero-order valence-electron chi connectivity index (χ0n) is 21.2. The number of aliphatic hydroxyl groups excluding tert-OH is 1. The van der Waals surface area contributed by atoms with Crippen LogP contribution in [0.4, 0.5) is 0 Å². The van der Waals surface area contributed by atoms with Crippen molar-refractivity contribution >= 4 is 17.5 Å². The molecule has 184 valence electrons. The zero-order valence-corrected chi connectivity index (χ0v) is 21.2. The molecule has 0 aromatic rings. The van der Waals surface area contributed by atoms with E-state index in [0.717, 1.165) is 19.3 Å². The number of hydrogen-bond donors (Lipinski definition) is 1. The molecule has 1 N–H and O–H groups in total. The summed E-state index contributed by atoms with van der Waals surface area (Å²) in [5.41, 5.74) is -0.673. The van der Waals surface area contributed by atoms with Crippen LogP contribution in [0.1, 0.15) is 86.5 Å². The Kier molecular flexibility index (Phi) is 7.72. The predicted molar refractivity (Wildman–Crippen MR) is 128 cm³/mol. The molecule has 0 saturated heterocycles. The lowest BCUT2D eigenvalue weighted by Crippen LogP contribution is -2.46. The van der Waals surface area contributed by atoms with Crippen molar-refractivity contribution in [2.24, 2.45) is 35.0 Å². The third kappa shape index (κ3) is 5.34. The molecule has 0 aliphatic heterocycles. The second kappa shape index (κ2) is 9.85. The fourth-order valence-electron chi connectivity index (χ4n) is 6.21. The van der Waals surface area contributed by atoms with Gasteiger partial charge in [-0.1, -0.05) is 46.8 Å². The highest BCUT2D eigenvalue weighted by Gasteiger charge is 2.53. The summed E-state index contributed by atoms with van der Waals surface area (Å²) in [7, 11) is 0. The van der Waals surface area contributed by atoms with E-state index in [9.17, 15) is 19.5 Å². The Hall–Kier alpha value is -1.75. The number of rotatable bonds is 6. The maximum atomic E-state index is 12.9. The summed E-state index contributed by atoms with van der Waals surface area (Å²) in [6.07, 6.45) is 9.34. The third-order valence-corrected chi connectivity index (χ3v) is 8.97. The Bertz CT molecular complexity index is 839. The number of esters is 1. The maximum absolute atomic E-state index is 12.9. The Morgan fingerprint density at radius 2 is 1.76 bits per heavy atom. The summed E-state index contributed by atoms with van der Waals surface area (Å²) in [4.78, 5) is 38.1.